The van der Waals surface area contributed by atoms with E-state index in [0.29, 0.717) is 0 Å². The molecule has 2 aliphatic heterocycles. The number of aromatic nitrogens is 2. The number of quaternary nitrogens is 1. The predicted molar refractivity (Wildman–Crippen MR) is 190 cm³/mol. The van der Waals surface area contributed by atoms with E-state index in [1.165, 1.54) is 38.6 Å². The second-order valence-electron chi connectivity index (χ2n) is 13.8. The molecule has 0 saturated carbocycles. The standard InChI is InChI=1S/C41H43N5/c1-40(2)33-19-13-27-42-38(33)44(5)35(40)25-23-29-21-22-30(24-26-36-41(3,4)34-20-14-28-43-39(34)45(36)6)37(29)46(31-15-9-7-10-16-31)32-17-11-8-12-18-32/h7-20,23-28,35H,21-22H2,1-6H3/p+1/b25-23+,30-24+,36-26+. The van der Waals surface area contributed by atoms with Crippen LogP contribution < -0.4 is 14.7 Å². The lowest BCUT2D eigenvalue weighted by Gasteiger charge is -2.29. The van der Waals surface area contributed by atoms with E-state index in [-0.39, 0.29) is 16.9 Å². The molecule has 5 nitrogen and oxygen atoms in total. The highest BCUT2D eigenvalue weighted by atomic mass is 15.2. The van der Waals surface area contributed by atoms with Crippen LogP contribution in [0.1, 0.15) is 51.7 Å². The van der Waals surface area contributed by atoms with Crippen molar-refractivity contribution in [2.75, 3.05) is 23.9 Å². The van der Waals surface area contributed by atoms with Gasteiger partial charge >= 0.3 is 0 Å². The molecule has 0 radical (unpaired) electrons. The van der Waals surface area contributed by atoms with Gasteiger partial charge in [-0.2, -0.15) is 0 Å². The van der Waals surface area contributed by atoms with Gasteiger partial charge in [0.25, 0.3) is 0 Å². The summed E-state index contributed by atoms with van der Waals surface area (Å²) in [7, 11) is 4.39. The third-order valence-corrected chi connectivity index (χ3v) is 10.4. The predicted octanol–water partition coefficient (Wildman–Crippen LogP) is 7.96. The highest BCUT2D eigenvalue weighted by Gasteiger charge is 2.47. The van der Waals surface area contributed by atoms with Crippen molar-refractivity contribution in [1.82, 2.24) is 9.97 Å². The number of pyridine rings is 2. The van der Waals surface area contributed by atoms with Crippen molar-refractivity contribution < 1.29 is 4.90 Å². The summed E-state index contributed by atoms with van der Waals surface area (Å²) in [4.78, 5) is 15.6. The van der Waals surface area contributed by atoms with Gasteiger partial charge in [0.15, 0.2) is 0 Å². The number of likely N-dealkylation sites (N-methyl/N-ethyl adjacent to an activating group) is 2. The lowest BCUT2D eigenvalue weighted by atomic mass is 9.80. The summed E-state index contributed by atoms with van der Waals surface area (Å²) in [5, 5.41) is 0. The third kappa shape index (κ3) is 4.90. The first kappa shape index (κ1) is 29.9. The Morgan fingerprint density at radius 1 is 0.783 bits per heavy atom. The molecule has 2 aromatic carbocycles. The lowest BCUT2D eigenvalue weighted by molar-refractivity contribution is -0.830. The maximum absolute atomic E-state index is 4.78. The number of allylic oxidation sites excluding steroid dienone is 6. The van der Waals surface area contributed by atoms with Gasteiger partial charge in [0, 0.05) is 53.1 Å². The van der Waals surface area contributed by atoms with Gasteiger partial charge in [0.1, 0.15) is 11.9 Å². The number of hydrogen-bond acceptors (Lipinski definition) is 4. The number of anilines is 3. The monoisotopic (exact) mass is 606 g/mol. The maximum Gasteiger partial charge on any atom is 0.230 e. The van der Waals surface area contributed by atoms with Crippen molar-refractivity contribution in [3.8, 4) is 0 Å². The molecule has 0 saturated heterocycles. The zero-order valence-corrected chi connectivity index (χ0v) is 27.8. The van der Waals surface area contributed by atoms with Gasteiger partial charge in [-0.15, -0.1) is 0 Å². The van der Waals surface area contributed by atoms with Gasteiger partial charge in [0.05, 0.1) is 18.2 Å². The molecular formula is C41H44N5+. The fourth-order valence-electron chi connectivity index (χ4n) is 7.90. The number of hydrogen-bond donors (Lipinski definition) is 1. The quantitative estimate of drug-likeness (QED) is 0.242. The van der Waals surface area contributed by atoms with Gasteiger partial charge in [-0.05, 0) is 92.5 Å². The largest absolute Gasteiger partial charge is 0.332 e. The van der Waals surface area contributed by atoms with Crippen LogP contribution in [-0.4, -0.2) is 30.1 Å². The summed E-state index contributed by atoms with van der Waals surface area (Å²) < 4.78 is 0. The molecule has 0 amide bonds. The second-order valence-corrected chi connectivity index (χ2v) is 13.8. The molecule has 0 spiro atoms. The SMILES string of the molecule is CN1/C(=C/C=C2\CCC(/C=C/C3[NH+](C)c4ncccc4C3(C)C)=C2N(c2ccccc2)c2ccccc2)C(C)(C)c2cccnc21. The van der Waals surface area contributed by atoms with Crippen LogP contribution in [0.4, 0.5) is 23.0 Å². The number of benzene rings is 2. The fourth-order valence-corrected chi connectivity index (χ4v) is 7.90. The summed E-state index contributed by atoms with van der Waals surface area (Å²) in [6, 6.07) is 30.4. The zero-order chi connectivity index (χ0) is 32.1. The molecule has 232 valence electrons. The normalized spacial score (nSPS) is 23.0. The van der Waals surface area contributed by atoms with E-state index in [1.54, 1.807) is 0 Å². The average molecular weight is 607 g/mol. The van der Waals surface area contributed by atoms with Crippen LogP contribution in [0.5, 0.6) is 0 Å². The van der Waals surface area contributed by atoms with Crippen LogP contribution in [0.15, 0.2) is 144 Å². The topological polar surface area (TPSA) is 36.7 Å². The summed E-state index contributed by atoms with van der Waals surface area (Å²) in [5.41, 5.74) is 9.98. The number of nitrogens with one attached hydrogen (secondary N) is 1. The van der Waals surface area contributed by atoms with Crippen LogP contribution in [0.25, 0.3) is 0 Å². The van der Waals surface area contributed by atoms with Gasteiger partial charge in [-0.25, -0.2) is 9.97 Å². The smallest absolute Gasteiger partial charge is 0.230 e. The minimum atomic E-state index is -0.135. The average Bonchev–Trinajstić information content (AvgIpc) is 3.62. The Morgan fingerprint density at radius 2 is 1.41 bits per heavy atom. The molecule has 2 aromatic heterocycles. The van der Waals surface area contributed by atoms with E-state index in [2.05, 4.69) is 155 Å². The Labute approximate surface area is 273 Å². The van der Waals surface area contributed by atoms with Crippen molar-refractivity contribution in [3.63, 3.8) is 0 Å². The first-order chi connectivity index (χ1) is 22.2. The van der Waals surface area contributed by atoms with Crippen molar-refractivity contribution in [2.45, 2.75) is 57.4 Å². The first-order valence-corrected chi connectivity index (χ1v) is 16.4. The maximum atomic E-state index is 4.78. The van der Waals surface area contributed by atoms with E-state index in [0.717, 1.165) is 35.9 Å². The van der Waals surface area contributed by atoms with Crippen LogP contribution in [-0.2, 0) is 10.8 Å². The molecular weight excluding hydrogens is 562 g/mol. The van der Waals surface area contributed by atoms with Gasteiger partial charge in [-0.1, -0.05) is 68.5 Å². The van der Waals surface area contributed by atoms with Crippen LogP contribution in [0.3, 0.4) is 0 Å². The number of para-hydroxylation sites is 2. The zero-order valence-electron chi connectivity index (χ0n) is 27.8. The van der Waals surface area contributed by atoms with Crippen molar-refractivity contribution >= 4 is 23.0 Å². The molecule has 46 heavy (non-hydrogen) atoms. The summed E-state index contributed by atoms with van der Waals surface area (Å²) in [6.45, 7) is 9.31. The highest BCUT2D eigenvalue weighted by Crippen LogP contribution is 2.47. The molecule has 7 rings (SSSR count). The Kier molecular flexibility index (Phi) is 7.53. The molecule has 1 aliphatic carbocycles. The number of fused-ring (bicyclic) bond motifs is 2. The molecule has 4 aromatic rings. The highest BCUT2D eigenvalue weighted by molar-refractivity contribution is 5.74. The molecule has 0 fully saturated rings. The second kappa shape index (κ2) is 11.6. The van der Waals surface area contributed by atoms with E-state index < -0.39 is 0 Å². The third-order valence-electron chi connectivity index (χ3n) is 10.4. The minimum Gasteiger partial charge on any atom is -0.332 e. The number of rotatable bonds is 6. The molecule has 1 N–H and O–H groups in total. The summed E-state index contributed by atoms with van der Waals surface area (Å²) in [5.74, 6) is 2.20. The van der Waals surface area contributed by atoms with Crippen molar-refractivity contribution in [2.24, 2.45) is 0 Å². The Balaban J connectivity index is 1.36. The summed E-state index contributed by atoms with van der Waals surface area (Å²) >= 11 is 0. The summed E-state index contributed by atoms with van der Waals surface area (Å²) in [6.07, 6.45) is 15.3. The van der Waals surface area contributed by atoms with Crippen LogP contribution in [0.2, 0.25) is 0 Å². The lowest BCUT2D eigenvalue weighted by Crippen LogP contribution is -3.08. The minimum absolute atomic E-state index is 0.0210. The number of nitrogens with zero attached hydrogens (tertiary/aromatic N) is 4. The molecule has 5 heteroatoms. The van der Waals surface area contributed by atoms with Crippen molar-refractivity contribution in [1.29, 1.82) is 0 Å². The molecule has 2 unspecified atom stereocenters. The first-order valence-electron chi connectivity index (χ1n) is 16.4. The van der Waals surface area contributed by atoms with E-state index >= 15 is 0 Å². The molecule has 4 heterocycles. The van der Waals surface area contributed by atoms with Gasteiger partial charge < -0.3 is 9.80 Å². The molecule has 3 aliphatic rings. The molecule has 2 atom stereocenters. The Bertz CT molecular complexity index is 1840. The van der Waals surface area contributed by atoms with E-state index in [1.807, 2.05) is 18.5 Å². The Hall–Kier alpha value is -4.74. The van der Waals surface area contributed by atoms with Gasteiger partial charge in [0.2, 0.25) is 5.82 Å². The molecule has 0 bridgehead atoms. The van der Waals surface area contributed by atoms with Gasteiger partial charge in [-0.3, -0.25) is 4.90 Å². The van der Waals surface area contributed by atoms with Crippen LogP contribution in [0, 0.1) is 0 Å². The van der Waals surface area contributed by atoms with Crippen LogP contribution >= 0.6 is 0 Å². The van der Waals surface area contributed by atoms with E-state index in [9.17, 15) is 0 Å². The van der Waals surface area contributed by atoms with E-state index in [4.69, 9.17) is 9.97 Å². The Morgan fingerprint density at radius 3 is 2.04 bits per heavy atom. The van der Waals surface area contributed by atoms with Crippen molar-refractivity contribution in [3.05, 3.63) is 155 Å². The fraction of sp³-hybridized carbons (Fsp3) is 0.268.